The molecule has 3 aromatic rings. The summed E-state index contributed by atoms with van der Waals surface area (Å²) in [5, 5.41) is 6.22. The third-order valence-electron chi connectivity index (χ3n) is 4.55. The van der Waals surface area contributed by atoms with E-state index in [1.807, 2.05) is 12.1 Å². The van der Waals surface area contributed by atoms with Gasteiger partial charge in [0, 0.05) is 22.8 Å². The number of carbonyl (C=O) groups is 1. The first-order valence-corrected chi connectivity index (χ1v) is 11.2. The molecule has 2 N–H and O–H groups in total. The lowest BCUT2D eigenvalue weighted by Gasteiger charge is -2.08. The van der Waals surface area contributed by atoms with Crippen LogP contribution in [0.5, 0.6) is 0 Å². The van der Waals surface area contributed by atoms with Crippen LogP contribution >= 0.6 is 11.3 Å². The molecule has 1 amide bonds. The maximum Gasteiger partial charge on any atom is 0.251 e. The molecule has 0 aliphatic heterocycles. The van der Waals surface area contributed by atoms with Crippen LogP contribution in [0.1, 0.15) is 28.8 Å². The van der Waals surface area contributed by atoms with E-state index < -0.39 is 10.0 Å². The molecule has 7 heteroatoms. The Hall–Kier alpha value is -2.22. The fourth-order valence-electron chi connectivity index (χ4n) is 2.93. The molecule has 0 spiro atoms. The number of rotatable bonds is 7. The third kappa shape index (κ3) is 4.21. The summed E-state index contributed by atoms with van der Waals surface area (Å²) in [6.45, 7) is 0.497. The first kappa shape index (κ1) is 18.2. The van der Waals surface area contributed by atoms with Crippen LogP contribution < -0.4 is 10.0 Å². The second-order valence-corrected chi connectivity index (χ2v) is 9.31. The maximum atomic E-state index is 12.4. The first-order valence-electron chi connectivity index (χ1n) is 8.89. The largest absolute Gasteiger partial charge is 0.352 e. The van der Waals surface area contributed by atoms with Crippen molar-refractivity contribution in [2.75, 3.05) is 6.54 Å². The molecule has 2 aromatic carbocycles. The summed E-state index contributed by atoms with van der Waals surface area (Å²) in [5.74, 6) is -0.266. The Morgan fingerprint density at radius 3 is 2.74 bits per heavy atom. The van der Waals surface area contributed by atoms with E-state index in [1.165, 1.54) is 27.8 Å². The average molecular weight is 401 g/mol. The standard InChI is InChI=1S/C20H20N2O3S2/c23-20(21-11-10-15-13-26-19-7-2-1-6-18(15)19)14-4-3-5-17(12-14)27(24,25)22-16-8-9-16/h1-7,12-13,16,22H,8-11H2,(H,21,23). The van der Waals surface area contributed by atoms with Crippen LogP contribution in [0.25, 0.3) is 10.1 Å². The van der Waals surface area contributed by atoms with Gasteiger partial charge in [0.2, 0.25) is 10.0 Å². The molecule has 0 radical (unpaired) electrons. The summed E-state index contributed by atoms with van der Waals surface area (Å²) in [6, 6.07) is 14.4. The summed E-state index contributed by atoms with van der Waals surface area (Å²) in [4.78, 5) is 12.6. The lowest BCUT2D eigenvalue weighted by atomic mass is 10.1. The summed E-state index contributed by atoms with van der Waals surface area (Å²) in [6.07, 6.45) is 2.48. The molecule has 1 aliphatic rings. The molecule has 1 heterocycles. The minimum Gasteiger partial charge on any atom is -0.352 e. The van der Waals surface area contributed by atoms with E-state index in [9.17, 15) is 13.2 Å². The lowest BCUT2D eigenvalue weighted by molar-refractivity contribution is 0.0954. The molecule has 0 bridgehead atoms. The van der Waals surface area contributed by atoms with Gasteiger partial charge in [-0.1, -0.05) is 24.3 Å². The molecule has 1 saturated carbocycles. The van der Waals surface area contributed by atoms with Crippen molar-refractivity contribution in [2.24, 2.45) is 0 Å². The Morgan fingerprint density at radius 1 is 1.11 bits per heavy atom. The number of thiophene rings is 1. The summed E-state index contributed by atoms with van der Waals surface area (Å²) < 4.78 is 28.5. The molecule has 5 nitrogen and oxygen atoms in total. The van der Waals surface area contributed by atoms with Crippen LogP contribution in [0.2, 0.25) is 0 Å². The predicted octanol–water partition coefficient (Wildman–Crippen LogP) is 3.31. The first-order chi connectivity index (χ1) is 13.0. The van der Waals surface area contributed by atoms with Gasteiger partial charge in [-0.3, -0.25) is 4.79 Å². The van der Waals surface area contributed by atoms with E-state index >= 15 is 0 Å². The van der Waals surface area contributed by atoms with E-state index in [0.717, 1.165) is 19.3 Å². The van der Waals surface area contributed by atoms with Gasteiger partial charge >= 0.3 is 0 Å². The van der Waals surface area contributed by atoms with E-state index in [0.29, 0.717) is 12.1 Å². The van der Waals surface area contributed by atoms with Gasteiger partial charge < -0.3 is 5.32 Å². The minimum absolute atomic E-state index is 0.0351. The number of amides is 1. The number of hydrogen-bond donors (Lipinski definition) is 2. The van der Waals surface area contributed by atoms with Crippen molar-refractivity contribution in [3.63, 3.8) is 0 Å². The van der Waals surface area contributed by atoms with Crippen LogP contribution in [-0.2, 0) is 16.4 Å². The highest BCUT2D eigenvalue weighted by Crippen LogP contribution is 2.26. The van der Waals surface area contributed by atoms with E-state index in [1.54, 1.807) is 23.5 Å². The number of benzene rings is 2. The Morgan fingerprint density at radius 2 is 1.93 bits per heavy atom. The normalized spacial score (nSPS) is 14.4. The van der Waals surface area contributed by atoms with Crippen molar-refractivity contribution >= 4 is 37.4 Å². The van der Waals surface area contributed by atoms with Gasteiger partial charge in [0.05, 0.1) is 4.90 Å². The van der Waals surface area contributed by atoms with Gasteiger partial charge in [0.1, 0.15) is 0 Å². The number of carbonyl (C=O) groups excluding carboxylic acids is 1. The van der Waals surface area contributed by atoms with Crippen LogP contribution in [0.4, 0.5) is 0 Å². The molecular weight excluding hydrogens is 380 g/mol. The molecule has 140 valence electrons. The van der Waals surface area contributed by atoms with E-state index in [2.05, 4.69) is 27.6 Å². The second kappa shape index (κ2) is 7.42. The summed E-state index contributed by atoms with van der Waals surface area (Å²) in [5.41, 5.74) is 1.56. The molecule has 4 rings (SSSR count). The Bertz CT molecular complexity index is 1090. The summed E-state index contributed by atoms with van der Waals surface area (Å²) >= 11 is 1.70. The predicted molar refractivity (Wildman–Crippen MR) is 108 cm³/mol. The highest BCUT2D eigenvalue weighted by Gasteiger charge is 2.28. The Balaban J connectivity index is 1.40. The smallest absolute Gasteiger partial charge is 0.251 e. The maximum absolute atomic E-state index is 12.4. The zero-order valence-electron chi connectivity index (χ0n) is 14.6. The second-order valence-electron chi connectivity index (χ2n) is 6.69. The van der Waals surface area contributed by atoms with Gasteiger partial charge in [-0.2, -0.15) is 0 Å². The molecule has 27 heavy (non-hydrogen) atoms. The topological polar surface area (TPSA) is 75.3 Å². The van der Waals surface area contributed by atoms with Crippen molar-refractivity contribution < 1.29 is 13.2 Å². The van der Waals surface area contributed by atoms with Gasteiger partial charge in [0.25, 0.3) is 5.91 Å². The van der Waals surface area contributed by atoms with Gasteiger partial charge in [-0.05, 0) is 59.9 Å². The van der Waals surface area contributed by atoms with Crippen molar-refractivity contribution in [2.45, 2.75) is 30.2 Å². The highest BCUT2D eigenvalue weighted by atomic mass is 32.2. The van der Waals surface area contributed by atoms with Crippen molar-refractivity contribution in [3.8, 4) is 0 Å². The molecule has 0 saturated heterocycles. The number of fused-ring (bicyclic) bond motifs is 1. The molecular formula is C20H20N2O3S2. The monoisotopic (exact) mass is 400 g/mol. The van der Waals surface area contributed by atoms with Crippen LogP contribution in [0, 0.1) is 0 Å². The van der Waals surface area contributed by atoms with Gasteiger partial charge in [0.15, 0.2) is 0 Å². The Kier molecular flexibility index (Phi) is 4.99. The third-order valence-corrected chi connectivity index (χ3v) is 7.08. The fraction of sp³-hybridized carbons (Fsp3) is 0.250. The Labute approximate surface area is 162 Å². The zero-order valence-corrected chi connectivity index (χ0v) is 16.3. The molecule has 1 fully saturated rings. The molecule has 1 aromatic heterocycles. The van der Waals surface area contributed by atoms with Crippen LogP contribution in [-0.4, -0.2) is 26.9 Å². The van der Waals surface area contributed by atoms with Crippen molar-refractivity contribution in [1.29, 1.82) is 0 Å². The molecule has 0 unspecified atom stereocenters. The summed E-state index contributed by atoms with van der Waals surface area (Å²) in [7, 11) is -3.56. The van der Waals surface area contributed by atoms with Crippen LogP contribution in [0.15, 0.2) is 58.8 Å². The number of nitrogens with one attached hydrogen (secondary N) is 2. The lowest BCUT2D eigenvalue weighted by Crippen LogP contribution is -2.27. The van der Waals surface area contributed by atoms with Crippen LogP contribution in [0.3, 0.4) is 0 Å². The van der Waals surface area contributed by atoms with Crippen molar-refractivity contribution in [3.05, 3.63) is 65.0 Å². The fourth-order valence-corrected chi connectivity index (χ4v) is 5.28. The average Bonchev–Trinajstić information content (AvgIpc) is 3.38. The number of hydrogen-bond acceptors (Lipinski definition) is 4. The number of sulfonamides is 1. The quantitative estimate of drug-likeness (QED) is 0.639. The van der Waals surface area contributed by atoms with E-state index in [-0.39, 0.29) is 16.8 Å². The molecule has 1 aliphatic carbocycles. The molecule has 0 atom stereocenters. The van der Waals surface area contributed by atoms with Gasteiger partial charge in [-0.15, -0.1) is 11.3 Å². The SMILES string of the molecule is O=C(NCCc1csc2ccccc12)c1cccc(S(=O)(=O)NC2CC2)c1. The van der Waals surface area contributed by atoms with Crippen molar-refractivity contribution in [1.82, 2.24) is 10.0 Å². The van der Waals surface area contributed by atoms with Gasteiger partial charge in [-0.25, -0.2) is 13.1 Å². The highest BCUT2D eigenvalue weighted by molar-refractivity contribution is 7.89. The van der Waals surface area contributed by atoms with E-state index in [4.69, 9.17) is 0 Å². The minimum atomic E-state index is -3.56. The zero-order chi connectivity index (χ0) is 18.9.